The van der Waals surface area contributed by atoms with Gasteiger partial charge in [0.15, 0.2) is 5.13 Å². The molecule has 1 saturated heterocycles. The number of hydrogen-bond acceptors (Lipinski definition) is 5. The SMILES string of the molecule is CCCn1c(C)cc(-c2csc(NC(=O)CN3C(=O)C4C5C=CC(C5)C4C3=O)n2)c1C. The molecule has 0 spiro atoms. The normalized spacial score (nSPS) is 26.2. The molecule has 2 bridgehead atoms. The molecule has 3 aliphatic rings. The first-order valence-electron chi connectivity index (χ1n) is 10.8. The number of likely N-dealkylation sites (tertiary alicyclic amines) is 1. The van der Waals surface area contributed by atoms with Crippen LogP contribution in [0.4, 0.5) is 5.13 Å². The molecule has 5 rings (SSSR count). The number of fused-ring (bicyclic) bond motifs is 5. The summed E-state index contributed by atoms with van der Waals surface area (Å²) in [5.74, 6) is -1.06. The minimum absolute atomic E-state index is 0.146. The molecule has 7 nitrogen and oxygen atoms in total. The quantitative estimate of drug-likeness (QED) is 0.554. The number of aryl methyl sites for hydroxylation is 1. The minimum Gasteiger partial charge on any atom is -0.348 e. The summed E-state index contributed by atoms with van der Waals surface area (Å²) in [6.07, 6.45) is 6.04. The number of carbonyl (C=O) groups excluding carboxylic acids is 3. The molecule has 4 atom stereocenters. The number of anilines is 1. The number of nitrogens with one attached hydrogen (secondary N) is 1. The highest BCUT2D eigenvalue weighted by Crippen LogP contribution is 2.52. The van der Waals surface area contributed by atoms with E-state index in [4.69, 9.17) is 0 Å². The van der Waals surface area contributed by atoms with Gasteiger partial charge in [-0.05, 0) is 44.6 Å². The second-order valence-electron chi connectivity index (χ2n) is 8.79. The van der Waals surface area contributed by atoms with Gasteiger partial charge in [-0.15, -0.1) is 11.3 Å². The topological polar surface area (TPSA) is 84.3 Å². The van der Waals surface area contributed by atoms with Gasteiger partial charge in [0.25, 0.3) is 0 Å². The zero-order valence-corrected chi connectivity index (χ0v) is 18.7. The summed E-state index contributed by atoms with van der Waals surface area (Å²) in [6.45, 7) is 7.04. The predicted molar refractivity (Wildman–Crippen MR) is 118 cm³/mol. The molecule has 8 heteroatoms. The summed E-state index contributed by atoms with van der Waals surface area (Å²) >= 11 is 1.35. The highest BCUT2D eigenvalue weighted by molar-refractivity contribution is 7.14. The van der Waals surface area contributed by atoms with Gasteiger partial charge in [-0.25, -0.2) is 4.98 Å². The fourth-order valence-corrected chi connectivity index (χ4v) is 6.23. The van der Waals surface area contributed by atoms with Crippen molar-refractivity contribution in [3.63, 3.8) is 0 Å². The van der Waals surface area contributed by atoms with Crippen molar-refractivity contribution in [3.8, 4) is 11.3 Å². The second-order valence-corrected chi connectivity index (χ2v) is 9.64. The fraction of sp³-hybridized carbons (Fsp3) is 0.478. The van der Waals surface area contributed by atoms with E-state index in [0.29, 0.717) is 5.13 Å². The lowest BCUT2D eigenvalue weighted by Crippen LogP contribution is -2.39. The van der Waals surface area contributed by atoms with E-state index in [-0.39, 0.29) is 47.9 Å². The average molecular weight is 439 g/mol. The lowest BCUT2D eigenvalue weighted by molar-refractivity contribution is -0.143. The molecule has 4 unspecified atom stereocenters. The van der Waals surface area contributed by atoms with Crippen LogP contribution in [-0.4, -0.2) is 38.7 Å². The smallest absolute Gasteiger partial charge is 0.246 e. The summed E-state index contributed by atoms with van der Waals surface area (Å²) in [4.78, 5) is 43.9. The average Bonchev–Trinajstić information content (AvgIpc) is 3.54. The Hall–Kier alpha value is -2.74. The van der Waals surface area contributed by atoms with Crippen LogP contribution in [0.1, 0.15) is 31.2 Å². The Morgan fingerprint density at radius 3 is 2.52 bits per heavy atom. The summed E-state index contributed by atoms with van der Waals surface area (Å²) in [5.41, 5.74) is 4.23. The van der Waals surface area contributed by atoms with Gasteiger partial charge >= 0.3 is 0 Å². The van der Waals surface area contributed by atoms with E-state index in [1.165, 1.54) is 17.0 Å². The molecule has 3 amide bonds. The molecule has 3 heterocycles. The lowest BCUT2D eigenvalue weighted by atomic mass is 9.85. The summed E-state index contributed by atoms with van der Waals surface area (Å²) < 4.78 is 2.27. The first-order chi connectivity index (χ1) is 14.9. The number of imide groups is 1. The van der Waals surface area contributed by atoms with Crippen LogP contribution in [0.3, 0.4) is 0 Å². The van der Waals surface area contributed by atoms with E-state index in [2.05, 4.69) is 53.9 Å². The van der Waals surface area contributed by atoms with E-state index < -0.39 is 0 Å². The Morgan fingerprint density at radius 1 is 1.19 bits per heavy atom. The largest absolute Gasteiger partial charge is 0.348 e. The van der Waals surface area contributed by atoms with Gasteiger partial charge in [0.05, 0.1) is 17.5 Å². The van der Waals surface area contributed by atoms with Crippen LogP contribution in [0.15, 0.2) is 23.6 Å². The molecule has 2 aromatic heterocycles. The number of carbonyl (C=O) groups is 3. The molecule has 1 saturated carbocycles. The summed E-state index contributed by atoms with van der Waals surface area (Å²) in [7, 11) is 0. The Morgan fingerprint density at radius 2 is 1.87 bits per heavy atom. The van der Waals surface area contributed by atoms with E-state index in [9.17, 15) is 14.4 Å². The molecule has 1 aliphatic heterocycles. The number of allylic oxidation sites excluding steroid dienone is 2. The molecule has 162 valence electrons. The Bertz CT molecular complexity index is 1080. The van der Waals surface area contributed by atoms with Crippen molar-refractivity contribution in [1.29, 1.82) is 0 Å². The van der Waals surface area contributed by atoms with Gasteiger partial charge in [0.2, 0.25) is 17.7 Å². The predicted octanol–water partition coefficient (Wildman–Crippen LogP) is 3.38. The molecular formula is C23H26N4O3S. The molecule has 2 fully saturated rings. The van der Waals surface area contributed by atoms with Crippen LogP contribution in [0.2, 0.25) is 0 Å². The van der Waals surface area contributed by atoms with E-state index >= 15 is 0 Å². The van der Waals surface area contributed by atoms with Crippen molar-refractivity contribution >= 4 is 34.2 Å². The maximum absolute atomic E-state index is 12.8. The van der Waals surface area contributed by atoms with Crippen molar-refractivity contribution < 1.29 is 14.4 Å². The first-order valence-corrected chi connectivity index (χ1v) is 11.7. The van der Waals surface area contributed by atoms with Crippen molar-refractivity contribution in [3.05, 3.63) is 35.0 Å². The van der Waals surface area contributed by atoms with Gasteiger partial charge in [0.1, 0.15) is 6.54 Å². The van der Waals surface area contributed by atoms with Crippen LogP contribution < -0.4 is 5.32 Å². The number of aromatic nitrogens is 2. The van der Waals surface area contributed by atoms with E-state index in [0.717, 1.165) is 41.2 Å². The van der Waals surface area contributed by atoms with Gasteiger partial charge in [-0.3, -0.25) is 19.3 Å². The molecule has 0 aromatic carbocycles. The lowest BCUT2D eigenvalue weighted by Gasteiger charge is -2.16. The molecule has 31 heavy (non-hydrogen) atoms. The highest BCUT2D eigenvalue weighted by atomic mass is 32.1. The third-order valence-electron chi connectivity index (χ3n) is 6.91. The van der Waals surface area contributed by atoms with Crippen LogP contribution >= 0.6 is 11.3 Å². The van der Waals surface area contributed by atoms with E-state index in [1.54, 1.807) is 0 Å². The molecule has 0 radical (unpaired) electrons. The van der Waals surface area contributed by atoms with Gasteiger partial charge < -0.3 is 9.88 Å². The van der Waals surface area contributed by atoms with Gasteiger partial charge in [-0.2, -0.15) is 0 Å². The molecule has 1 N–H and O–H groups in total. The molecule has 2 aromatic rings. The number of thiazole rings is 1. The van der Waals surface area contributed by atoms with Crippen LogP contribution in [0.25, 0.3) is 11.3 Å². The monoisotopic (exact) mass is 438 g/mol. The number of hydrogen-bond donors (Lipinski definition) is 1. The van der Waals surface area contributed by atoms with E-state index in [1.807, 2.05) is 5.38 Å². The van der Waals surface area contributed by atoms with Crippen molar-refractivity contribution in [2.45, 2.75) is 40.2 Å². The third kappa shape index (κ3) is 3.15. The number of amides is 3. The fourth-order valence-electron chi connectivity index (χ4n) is 5.51. The first kappa shape index (κ1) is 20.2. The number of nitrogens with zero attached hydrogens (tertiary/aromatic N) is 3. The van der Waals surface area contributed by atoms with Gasteiger partial charge in [0, 0.05) is 28.9 Å². The molecular weight excluding hydrogens is 412 g/mol. The Kier molecular flexibility index (Phi) is 4.84. The minimum atomic E-state index is -0.390. The third-order valence-corrected chi connectivity index (χ3v) is 7.67. The van der Waals surface area contributed by atoms with Crippen LogP contribution in [0.5, 0.6) is 0 Å². The standard InChI is InChI=1S/C23H26N4O3S/c1-4-7-26-12(2)8-16(13(26)3)17-11-31-23(24-17)25-18(28)10-27-21(29)19-14-5-6-15(9-14)20(19)22(27)30/h5-6,8,11,14-15,19-20H,4,7,9-10H2,1-3H3,(H,24,25,28). The Balaban J connectivity index is 1.27. The van der Waals surface area contributed by atoms with Gasteiger partial charge in [-0.1, -0.05) is 19.1 Å². The van der Waals surface area contributed by atoms with Crippen LogP contribution in [0, 0.1) is 37.5 Å². The van der Waals surface area contributed by atoms with Crippen molar-refractivity contribution in [1.82, 2.24) is 14.5 Å². The van der Waals surface area contributed by atoms with Crippen molar-refractivity contribution in [2.24, 2.45) is 23.7 Å². The number of rotatable bonds is 6. The van der Waals surface area contributed by atoms with Crippen molar-refractivity contribution in [2.75, 3.05) is 11.9 Å². The highest BCUT2D eigenvalue weighted by Gasteiger charge is 2.59. The molecule has 2 aliphatic carbocycles. The summed E-state index contributed by atoms with van der Waals surface area (Å²) in [5, 5.41) is 5.17. The zero-order chi connectivity index (χ0) is 21.9. The summed E-state index contributed by atoms with van der Waals surface area (Å²) in [6, 6.07) is 2.12. The van der Waals surface area contributed by atoms with Crippen LogP contribution in [-0.2, 0) is 20.9 Å². The Labute approximate surface area is 185 Å². The second kappa shape index (κ2) is 7.44. The zero-order valence-electron chi connectivity index (χ0n) is 17.9. The maximum atomic E-state index is 12.8. The maximum Gasteiger partial charge on any atom is 0.246 e.